The summed E-state index contributed by atoms with van der Waals surface area (Å²) in [5.41, 5.74) is -0.100. The van der Waals surface area contributed by atoms with Gasteiger partial charge >= 0.3 is 0 Å². The molecule has 0 bridgehead atoms. The zero-order valence-electron chi connectivity index (χ0n) is 11.9. The van der Waals surface area contributed by atoms with E-state index in [9.17, 15) is 14.9 Å². The summed E-state index contributed by atoms with van der Waals surface area (Å²) in [6, 6.07) is 1.38. The van der Waals surface area contributed by atoms with Crippen LogP contribution in [0.2, 0.25) is 5.15 Å². The highest BCUT2D eigenvalue weighted by Crippen LogP contribution is 2.25. The molecule has 7 heteroatoms. The summed E-state index contributed by atoms with van der Waals surface area (Å²) in [7, 11) is 0. The van der Waals surface area contributed by atoms with Gasteiger partial charge in [0.25, 0.3) is 11.6 Å². The third kappa shape index (κ3) is 3.50. The van der Waals surface area contributed by atoms with Gasteiger partial charge in [0.05, 0.1) is 10.5 Å². The Morgan fingerprint density at radius 1 is 1.52 bits per heavy atom. The van der Waals surface area contributed by atoms with E-state index < -0.39 is 4.92 Å². The SMILES string of the molecule is CCC1CCCCCN1C(=O)c1cc([N+](=O)[O-])cnc1Cl. The van der Waals surface area contributed by atoms with Gasteiger partial charge < -0.3 is 4.90 Å². The number of hydrogen-bond acceptors (Lipinski definition) is 4. The molecule has 1 aromatic rings. The van der Waals surface area contributed by atoms with E-state index in [-0.39, 0.29) is 28.4 Å². The summed E-state index contributed by atoms with van der Waals surface area (Å²) in [6.07, 6.45) is 6.04. The quantitative estimate of drug-likeness (QED) is 0.487. The molecule has 1 aliphatic heterocycles. The molecule has 0 saturated carbocycles. The lowest BCUT2D eigenvalue weighted by atomic mass is 10.1. The number of rotatable bonds is 3. The van der Waals surface area contributed by atoms with E-state index in [1.54, 1.807) is 4.90 Å². The van der Waals surface area contributed by atoms with E-state index in [1.807, 2.05) is 6.92 Å². The Hall–Kier alpha value is -1.69. The van der Waals surface area contributed by atoms with Crippen LogP contribution in [0, 0.1) is 10.1 Å². The van der Waals surface area contributed by atoms with Crippen LogP contribution >= 0.6 is 11.6 Å². The van der Waals surface area contributed by atoms with Gasteiger partial charge in [-0.1, -0.05) is 31.4 Å². The summed E-state index contributed by atoms with van der Waals surface area (Å²) in [6.45, 7) is 2.71. The molecule has 0 aromatic carbocycles. The minimum atomic E-state index is -0.570. The van der Waals surface area contributed by atoms with Crippen LogP contribution in [0.25, 0.3) is 0 Å². The number of hydrogen-bond donors (Lipinski definition) is 0. The van der Waals surface area contributed by atoms with Crippen molar-refractivity contribution in [3.8, 4) is 0 Å². The molecule has 6 nitrogen and oxygen atoms in total. The largest absolute Gasteiger partial charge is 0.336 e. The van der Waals surface area contributed by atoms with E-state index in [1.165, 1.54) is 6.07 Å². The number of amides is 1. The number of carbonyl (C=O) groups is 1. The first-order valence-electron chi connectivity index (χ1n) is 7.15. The van der Waals surface area contributed by atoms with E-state index in [4.69, 9.17) is 11.6 Å². The van der Waals surface area contributed by atoms with Crippen LogP contribution in [0.4, 0.5) is 5.69 Å². The molecule has 1 aliphatic rings. The summed E-state index contributed by atoms with van der Waals surface area (Å²) < 4.78 is 0. The molecule has 0 aliphatic carbocycles. The summed E-state index contributed by atoms with van der Waals surface area (Å²) in [5, 5.41) is 10.9. The van der Waals surface area contributed by atoms with Crippen molar-refractivity contribution in [1.29, 1.82) is 0 Å². The average Bonchev–Trinajstić information content (AvgIpc) is 2.71. The molecule has 21 heavy (non-hydrogen) atoms. The van der Waals surface area contributed by atoms with Crippen LogP contribution in [0.3, 0.4) is 0 Å². The lowest BCUT2D eigenvalue weighted by Gasteiger charge is -2.29. The topological polar surface area (TPSA) is 76.3 Å². The van der Waals surface area contributed by atoms with Crippen LogP contribution < -0.4 is 0 Å². The van der Waals surface area contributed by atoms with Crippen molar-refractivity contribution in [2.45, 2.75) is 45.1 Å². The summed E-state index contributed by atoms with van der Waals surface area (Å²) in [5.74, 6) is -0.259. The molecule has 2 rings (SSSR count). The molecule has 1 amide bonds. The third-order valence-corrected chi connectivity index (χ3v) is 4.18. The Bertz CT molecular complexity index is 550. The lowest BCUT2D eigenvalue weighted by molar-refractivity contribution is -0.385. The van der Waals surface area contributed by atoms with Gasteiger partial charge in [0.1, 0.15) is 11.3 Å². The molecule has 1 atom stereocenters. The van der Waals surface area contributed by atoms with Crippen molar-refractivity contribution in [3.05, 3.63) is 33.1 Å². The fourth-order valence-corrected chi connectivity index (χ4v) is 2.89. The van der Waals surface area contributed by atoms with Gasteiger partial charge in [0.2, 0.25) is 0 Å². The maximum Gasteiger partial charge on any atom is 0.288 e. The maximum absolute atomic E-state index is 12.7. The number of carbonyl (C=O) groups excluding carboxylic acids is 1. The predicted molar refractivity (Wildman–Crippen MR) is 79.5 cm³/mol. The molecule has 1 aromatic heterocycles. The molecule has 0 N–H and O–H groups in total. The number of nitrogens with zero attached hydrogens (tertiary/aromatic N) is 3. The minimum absolute atomic E-state index is 0.0182. The second kappa shape index (κ2) is 6.85. The van der Waals surface area contributed by atoms with Gasteiger partial charge in [0, 0.05) is 18.7 Å². The molecular formula is C14H18ClN3O3. The Kier molecular flexibility index (Phi) is 5.12. The monoisotopic (exact) mass is 311 g/mol. The number of likely N-dealkylation sites (tertiary alicyclic amines) is 1. The zero-order valence-corrected chi connectivity index (χ0v) is 12.7. The van der Waals surface area contributed by atoms with Gasteiger partial charge in [-0.2, -0.15) is 0 Å². The van der Waals surface area contributed by atoms with Gasteiger partial charge in [-0.3, -0.25) is 14.9 Å². The number of nitro groups is 1. The van der Waals surface area contributed by atoms with E-state index in [2.05, 4.69) is 4.98 Å². The number of halogens is 1. The number of aromatic nitrogens is 1. The smallest absolute Gasteiger partial charge is 0.288 e. The highest BCUT2D eigenvalue weighted by Gasteiger charge is 2.28. The highest BCUT2D eigenvalue weighted by molar-refractivity contribution is 6.32. The average molecular weight is 312 g/mol. The molecule has 2 heterocycles. The van der Waals surface area contributed by atoms with Gasteiger partial charge in [-0.25, -0.2) is 4.98 Å². The predicted octanol–water partition coefficient (Wildman–Crippen LogP) is 3.44. The van der Waals surface area contributed by atoms with Crippen molar-refractivity contribution in [1.82, 2.24) is 9.88 Å². The molecule has 0 radical (unpaired) electrons. The second-order valence-electron chi connectivity index (χ2n) is 5.20. The first kappa shape index (κ1) is 15.7. The standard InChI is InChI=1S/C14H18ClN3O3/c1-2-10-6-4-3-5-7-17(10)14(19)12-8-11(18(20)21)9-16-13(12)15/h8-10H,2-7H2,1H3. The Balaban J connectivity index is 2.33. The molecule has 1 fully saturated rings. The van der Waals surface area contributed by atoms with E-state index >= 15 is 0 Å². The van der Waals surface area contributed by atoms with Crippen LogP contribution in [-0.2, 0) is 0 Å². The summed E-state index contributed by atoms with van der Waals surface area (Å²) in [4.78, 5) is 28.5. The third-order valence-electron chi connectivity index (χ3n) is 3.88. The Labute approximate surface area is 128 Å². The molecule has 0 spiro atoms. The zero-order chi connectivity index (χ0) is 15.4. The fourth-order valence-electron chi connectivity index (χ4n) is 2.71. The first-order valence-corrected chi connectivity index (χ1v) is 7.53. The van der Waals surface area contributed by atoms with Crippen molar-refractivity contribution >= 4 is 23.2 Å². The van der Waals surface area contributed by atoms with E-state index in [0.717, 1.165) is 38.3 Å². The number of pyridine rings is 1. The second-order valence-corrected chi connectivity index (χ2v) is 5.56. The van der Waals surface area contributed by atoms with Gasteiger partial charge in [0.15, 0.2) is 0 Å². The molecular weight excluding hydrogens is 294 g/mol. The van der Waals surface area contributed by atoms with Gasteiger partial charge in [-0.05, 0) is 19.3 Å². The van der Waals surface area contributed by atoms with Crippen LogP contribution in [0.5, 0.6) is 0 Å². The Morgan fingerprint density at radius 3 is 2.95 bits per heavy atom. The normalized spacial score (nSPS) is 19.1. The lowest BCUT2D eigenvalue weighted by Crippen LogP contribution is -2.39. The molecule has 1 unspecified atom stereocenters. The fraction of sp³-hybridized carbons (Fsp3) is 0.571. The van der Waals surface area contributed by atoms with E-state index in [0.29, 0.717) is 6.54 Å². The van der Waals surface area contributed by atoms with Crippen LogP contribution in [0.1, 0.15) is 49.4 Å². The van der Waals surface area contributed by atoms with Gasteiger partial charge in [-0.15, -0.1) is 0 Å². The van der Waals surface area contributed by atoms with Crippen LogP contribution in [0.15, 0.2) is 12.3 Å². The Morgan fingerprint density at radius 2 is 2.29 bits per heavy atom. The molecule has 114 valence electrons. The van der Waals surface area contributed by atoms with Crippen molar-refractivity contribution < 1.29 is 9.72 Å². The molecule has 1 saturated heterocycles. The maximum atomic E-state index is 12.7. The van der Waals surface area contributed by atoms with Crippen molar-refractivity contribution in [2.75, 3.05) is 6.54 Å². The van der Waals surface area contributed by atoms with Crippen LogP contribution in [-0.4, -0.2) is 33.3 Å². The van der Waals surface area contributed by atoms with Crippen molar-refractivity contribution in [2.24, 2.45) is 0 Å². The minimum Gasteiger partial charge on any atom is -0.336 e. The van der Waals surface area contributed by atoms with Crippen molar-refractivity contribution in [3.63, 3.8) is 0 Å². The first-order chi connectivity index (χ1) is 10.0. The highest BCUT2D eigenvalue weighted by atomic mass is 35.5. The summed E-state index contributed by atoms with van der Waals surface area (Å²) >= 11 is 5.97.